The normalized spacial score (nSPS) is 22.0. The standard InChI is InChI=1S/C23H27F3N10O/c1-23(11-37-12-23)34-7-6-16(14(24)9-34)29-22-30-20(27-2)19-13(5-8-35(19)32-22)15-3-4-17-21(28-15)36(33-31-17)10-18(25)26/h3-5,8,14,16,18H,6-7,9-12H2,1-2H3,(H2,27,29,30,32)/t14-,16+/m1/s1. The molecule has 14 heteroatoms. The van der Waals surface area contributed by atoms with Gasteiger partial charge in [0, 0.05) is 31.9 Å². The van der Waals surface area contributed by atoms with E-state index in [0.717, 1.165) is 11.2 Å². The number of piperidine rings is 1. The van der Waals surface area contributed by atoms with Gasteiger partial charge in [0.05, 0.1) is 30.5 Å². The van der Waals surface area contributed by atoms with Crippen LogP contribution in [-0.2, 0) is 11.3 Å². The molecule has 2 aliphatic rings. The van der Waals surface area contributed by atoms with Gasteiger partial charge in [-0.2, -0.15) is 4.98 Å². The molecule has 4 aromatic heterocycles. The lowest BCUT2D eigenvalue weighted by atomic mass is 9.92. The number of nitrogens with zero attached hydrogens (tertiary/aromatic N) is 8. The van der Waals surface area contributed by atoms with Crippen molar-refractivity contribution < 1.29 is 17.9 Å². The number of rotatable bonds is 7. The molecular weight excluding hydrogens is 489 g/mol. The first-order valence-electron chi connectivity index (χ1n) is 12.1. The SMILES string of the molecule is CNc1nc(N[C@H]2CCN(C3(C)COC3)C[C@H]2F)nn2ccc(-c3ccc4nnn(CC(F)F)c4n3)c12. The van der Waals surface area contributed by atoms with Crippen LogP contribution in [-0.4, -0.2) is 97.0 Å². The number of pyridine rings is 1. The Balaban J connectivity index is 1.27. The molecule has 0 radical (unpaired) electrons. The van der Waals surface area contributed by atoms with Crippen LogP contribution in [0.15, 0.2) is 24.4 Å². The highest BCUT2D eigenvalue weighted by atomic mass is 19.3. The average molecular weight is 517 g/mol. The number of alkyl halides is 3. The van der Waals surface area contributed by atoms with Crippen LogP contribution in [0.5, 0.6) is 0 Å². The molecule has 0 aromatic carbocycles. The summed E-state index contributed by atoms with van der Waals surface area (Å²) < 4.78 is 49.1. The number of anilines is 2. The molecular formula is C23H27F3N10O. The maximum atomic E-state index is 15.1. The van der Waals surface area contributed by atoms with Crippen LogP contribution in [0.4, 0.5) is 24.9 Å². The zero-order chi connectivity index (χ0) is 25.7. The summed E-state index contributed by atoms with van der Waals surface area (Å²) in [6.45, 7) is 3.87. The van der Waals surface area contributed by atoms with Gasteiger partial charge in [-0.3, -0.25) is 4.90 Å². The minimum atomic E-state index is -2.58. The van der Waals surface area contributed by atoms with E-state index in [2.05, 4.69) is 47.8 Å². The van der Waals surface area contributed by atoms with E-state index in [-0.39, 0.29) is 11.2 Å². The van der Waals surface area contributed by atoms with E-state index >= 15 is 4.39 Å². The molecule has 2 atom stereocenters. The lowest BCUT2D eigenvalue weighted by Gasteiger charge is -2.50. The van der Waals surface area contributed by atoms with Gasteiger partial charge >= 0.3 is 0 Å². The van der Waals surface area contributed by atoms with Crippen molar-refractivity contribution in [3.8, 4) is 11.3 Å². The van der Waals surface area contributed by atoms with Gasteiger partial charge < -0.3 is 15.4 Å². The second-order valence-corrected chi connectivity index (χ2v) is 9.75. The second kappa shape index (κ2) is 9.10. The minimum absolute atomic E-state index is 0.0875. The Hall–Kier alpha value is -3.52. The van der Waals surface area contributed by atoms with Crippen LogP contribution in [0.2, 0.25) is 0 Å². The number of fused-ring (bicyclic) bond motifs is 2. The summed E-state index contributed by atoms with van der Waals surface area (Å²) in [6, 6.07) is 4.85. The Bertz CT molecular complexity index is 1440. The first-order chi connectivity index (χ1) is 17.8. The smallest absolute Gasteiger partial charge is 0.258 e. The Kier molecular flexibility index (Phi) is 5.87. The first-order valence-corrected chi connectivity index (χ1v) is 12.1. The Morgan fingerprint density at radius 3 is 2.76 bits per heavy atom. The van der Waals surface area contributed by atoms with Gasteiger partial charge in [-0.15, -0.1) is 10.2 Å². The third-order valence-corrected chi connectivity index (χ3v) is 7.14. The van der Waals surface area contributed by atoms with E-state index < -0.39 is 25.2 Å². The fourth-order valence-corrected chi connectivity index (χ4v) is 5.03. The van der Waals surface area contributed by atoms with Crippen molar-refractivity contribution >= 4 is 28.4 Å². The molecule has 2 aliphatic heterocycles. The van der Waals surface area contributed by atoms with Gasteiger partial charge in [0.2, 0.25) is 5.95 Å². The van der Waals surface area contributed by atoms with E-state index in [4.69, 9.17) is 4.74 Å². The zero-order valence-electron chi connectivity index (χ0n) is 20.4. The van der Waals surface area contributed by atoms with Crippen LogP contribution in [0.1, 0.15) is 13.3 Å². The maximum absolute atomic E-state index is 15.1. The molecule has 2 saturated heterocycles. The molecule has 0 bridgehead atoms. The lowest BCUT2D eigenvalue weighted by Crippen LogP contribution is -2.64. The van der Waals surface area contributed by atoms with Gasteiger partial charge in [0.15, 0.2) is 11.5 Å². The second-order valence-electron chi connectivity index (χ2n) is 9.75. The summed E-state index contributed by atoms with van der Waals surface area (Å²) in [4.78, 5) is 11.3. The van der Waals surface area contributed by atoms with Gasteiger partial charge in [-0.1, -0.05) is 5.21 Å². The number of halogens is 3. The molecule has 37 heavy (non-hydrogen) atoms. The third-order valence-electron chi connectivity index (χ3n) is 7.14. The predicted molar refractivity (Wildman–Crippen MR) is 131 cm³/mol. The Morgan fingerprint density at radius 2 is 2.05 bits per heavy atom. The van der Waals surface area contributed by atoms with E-state index in [1.807, 2.05) is 6.07 Å². The molecule has 6 heterocycles. The minimum Gasteiger partial charge on any atom is -0.377 e. The molecule has 0 saturated carbocycles. The van der Waals surface area contributed by atoms with Crippen molar-refractivity contribution in [3.63, 3.8) is 0 Å². The molecule has 0 aliphatic carbocycles. The number of nitrogens with one attached hydrogen (secondary N) is 2. The fraction of sp³-hybridized carbons (Fsp3) is 0.522. The van der Waals surface area contributed by atoms with Crippen LogP contribution in [0, 0.1) is 0 Å². The number of aromatic nitrogens is 7. The molecule has 6 rings (SSSR count). The molecule has 196 valence electrons. The van der Waals surface area contributed by atoms with Crippen molar-refractivity contribution in [2.75, 3.05) is 44.0 Å². The van der Waals surface area contributed by atoms with Crippen LogP contribution in [0.25, 0.3) is 27.9 Å². The van der Waals surface area contributed by atoms with E-state index in [0.29, 0.717) is 60.2 Å². The molecule has 0 unspecified atom stereocenters. The Morgan fingerprint density at radius 1 is 1.22 bits per heavy atom. The average Bonchev–Trinajstić information content (AvgIpc) is 3.47. The van der Waals surface area contributed by atoms with Crippen LogP contribution >= 0.6 is 0 Å². The zero-order valence-corrected chi connectivity index (χ0v) is 20.4. The van der Waals surface area contributed by atoms with Gasteiger partial charge in [-0.05, 0) is 31.5 Å². The monoisotopic (exact) mass is 516 g/mol. The van der Waals surface area contributed by atoms with Gasteiger partial charge in [0.1, 0.15) is 23.7 Å². The van der Waals surface area contributed by atoms with E-state index in [1.54, 1.807) is 29.9 Å². The van der Waals surface area contributed by atoms with Gasteiger partial charge in [0.25, 0.3) is 6.43 Å². The quantitative estimate of drug-likeness (QED) is 0.383. The summed E-state index contributed by atoms with van der Waals surface area (Å²) in [7, 11) is 1.74. The van der Waals surface area contributed by atoms with Crippen molar-refractivity contribution in [3.05, 3.63) is 24.4 Å². The summed E-state index contributed by atoms with van der Waals surface area (Å²) in [5.74, 6) is 0.825. The molecule has 4 aromatic rings. The molecule has 2 N–H and O–H groups in total. The largest absolute Gasteiger partial charge is 0.377 e. The third kappa shape index (κ3) is 4.23. The summed E-state index contributed by atoms with van der Waals surface area (Å²) >= 11 is 0. The highest BCUT2D eigenvalue weighted by Gasteiger charge is 2.43. The number of ether oxygens (including phenoxy) is 1. The molecule has 0 amide bonds. The molecule has 2 fully saturated rings. The number of hydrogen-bond acceptors (Lipinski definition) is 9. The number of likely N-dealkylation sites (tertiary alicyclic amines) is 1. The first kappa shape index (κ1) is 23.9. The highest BCUT2D eigenvalue weighted by molar-refractivity contribution is 5.89. The van der Waals surface area contributed by atoms with Crippen molar-refractivity contribution in [1.82, 2.24) is 39.5 Å². The summed E-state index contributed by atoms with van der Waals surface area (Å²) in [5, 5.41) is 18.5. The molecule has 11 nitrogen and oxygen atoms in total. The maximum Gasteiger partial charge on any atom is 0.258 e. The van der Waals surface area contributed by atoms with Crippen molar-refractivity contribution in [2.24, 2.45) is 0 Å². The van der Waals surface area contributed by atoms with Crippen LogP contribution in [0.3, 0.4) is 0 Å². The fourth-order valence-electron chi connectivity index (χ4n) is 5.03. The topological polar surface area (TPSA) is 110 Å². The Labute approximate surface area is 210 Å². The predicted octanol–water partition coefficient (Wildman–Crippen LogP) is 2.46. The van der Waals surface area contributed by atoms with E-state index in [9.17, 15) is 8.78 Å². The summed E-state index contributed by atoms with van der Waals surface area (Å²) in [6.07, 6.45) is -1.28. The van der Waals surface area contributed by atoms with Crippen molar-refractivity contribution in [2.45, 2.75) is 44.1 Å². The van der Waals surface area contributed by atoms with Crippen LogP contribution < -0.4 is 10.6 Å². The molecule has 0 spiro atoms. The van der Waals surface area contributed by atoms with Crippen molar-refractivity contribution in [1.29, 1.82) is 0 Å². The highest BCUT2D eigenvalue weighted by Crippen LogP contribution is 2.32. The lowest BCUT2D eigenvalue weighted by molar-refractivity contribution is -0.142. The number of hydrogen-bond donors (Lipinski definition) is 2. The van der Waals surface area contributed by atoms with E-state index in [1.165, 1.54) is 0 Å². The summed E-state index contributed by atoms with van der Waals surface area (Å²) in [5.41, 5.74) is 2.50. The van der Waals surface area contributed by atoms with Gasteiger partial charge in [-0.25, -0.2) is 27.4 Å².